The standard InChI is InChI=1S/C16H17N5O2/c1-2-23-15(22)12-13-11-6-4-3-5-10(11)9-19-21(13)16-18-7-8-20(16)14(12)17/h3-6,9,13H,2,7-8,17H2,1H3. The zero-order valence-corrected chi connectivity index (χ0v) is 12.8. The molecule has 3 aliphatic rings. The molecule has 7 nitrogen and oxygen atoms in total. The lowest BCUT2D eigenvalue weighted by molar-refractivity contribution is -0.139. The van der Waals surface area contributed by atoms with Gasteiger partial charge in [0, 0.05) is 12.1 Å². The SMILES string of the molecule is CCOC(=O)C1=C(N)N2CCN=C2N2N=Cc3ccccc3C12. The Labute approximate surface area is 133 Å². The van der Waals surface area contributed by atoms with Crippen molar-refractivity contribution in [2.75, 3.05) is 19.7 Å². The number of esters is 1. The van der Waals surface area contributed by atoms with Gasteiger partial charge in [0.05, 0.1) is 19.4 Å². The number of hydrogen-bond acceptors (Lipinski definition) is 7. The van der Waals surface area contributed by atoms with E-state index in [4.69, 9.17) is 10.5 Å². The summed E-state index contributed by atoms with van der Waals surface area (Å²) < 4.78 is 5.24. The van der Waals surface area contributed by atoms with Crippen LogP contribution in [-0.4, -0.2) is 47.7 Å². The van der Waals surface area contributed by atoms with Gasteiger partial charge < -0.3 is 10.5 Å². The minimum atomic E-state index is -0.405. The maximum atomic E-state index is 12.6. The van der Waals surface area contributed by atoms with Crippen LogP contribution in [0.3, 0.4) is 0 Å². The van der Waals surface area contributed by atoms with E-state index in [2.05, 4.69) is 10.1 Å². The van der Waals surface area contributed by atoms with Crippen LogP contribution in [0.4, 0.5) is 0 Å². The van der Waals surface area contributed by atoms with E-state index in [1.807, 2.05) is 29.2 Å². The zero-order chi connectivity index (χ0) is 16.0. The number of aliphatic imine (C=N–C) groups is 1. The Morgan fingerprint density at radius 1 is 1.43 bits per heavy atom. The van der Waals surface area contributed by atoms with Gasteiger partial charge in [0.25, 0.3) is 0 Å². The summed E-state index contributed by atoms with van der Waals surface area (Å²) in [6.45, 7) is 3.36. The molecule has 23 heavy (non-hydrogen) atoms. The summed E-state index contributed by atoms with van der Waals surface area (Å²) in [5.41, 5.74) is 8.68. The highest BCUT2D eigenvalue weighted by Crippen LogP contribution is 2.40. The maximum absolute atomic E-state index is 12.6. The molecule has 0 saturated carbocycles. The first kappa shape index (κ1) is 13.8. The number of benzene rings is 1. The molecule has 0 spiro atoms. The second kappa shape index (κ2) is 5.12. The Balaban J connectivity index is 1.92. The van der Waals surface area contributed by atoms with Crippen molar-refractivity contribution < 1.29 is 9.53 Å². The number of hydrazone groups is 1. The highest BCUT2D eigenvalue weighted by atomic mass is 16.5. The smallest absolute Gasteiger partial charge is 0.340 e. The zero-order valence-electron chi connectivity index (χ0n) is 12.8. The monoisotopic (exact) mass is 311 g/mol. The molecule has 3 heterocycles. The van der Waals surface area contributed by atoms with E-state index in [0.717, 1.165) is 11.1 Å². The second-order valence-corrected chi connectivity index (χ2v) is 5.47. The minimum absolute atomic E-state index is 0.300. The van der Waals surface area contributed by atoms with Gasteiger partial charge in [0.15, 0.2) is 0 Å². The van der Waals surface area contributed by atoms with Crippen LogP contribution in [0.25, 0.3) is 0 Å². The summed E-state index contributed by atoms with van der Waals surface area (Å²) in [5.74, 6) is 0.692. The number of carbonyl (C=O) groups excluding carboxylic acids is 1. The minimum Gasteiger partial charge on any atom is -0.462 e. The van der Waals surface area contributed by atoms with E-state index in [-0.39, 0.29) is 0 Å². The van der Waals surface area contributed by atoms with Gasteiger partial charge in [0.2, 0.25) is 5.96 Å². The van der Waals surface area contributed by atoms with Crippen LogP contribution in [0.1, 0.15) is 24.1 Å². The van der Waals surface area contributed by atoms with E-state index in [0.29, 0.717) is 37.1 Å². The van der Waals surface area contributed by atoms with Crippen molar-refractivity contribution >= 4 is 18.1 Å². The third-order valence-electron chi connectivity index (χ3n) is 4.22. The molecule has 3 aliphatic heterocycles. The fourth-order valence-electron chi connectivity index (χ4n) is 3.22. The highest BCUT2D eigenvalue weighted by Gasteiger charge is 2.45. The van der Waals surface area contributed by atoms with E-state index in [1.165, 1.54) is 0 Å². The fraction of sp³-hybridized carbons (Fsp3) is 0.312. The van der Waals surface area contributed by atoms with Crippen LogP contribution in [0, 0.1) is 0 Å². The molecule has 0 aromatic heterocycles. The third-order valence-corrected chi connectivity index (χ3v) is 4.22. The molecule has 0 amide bonds. The predicted octanol–water partition coefficient (Wildman–Crippen LogP) is 0.796. The van der Waals surface area contributed by atoms with Crippen LogP contribution >= 0.6 is 0 Å². The molecule has 4 rings (SSSR count). The van der Waals surface area contributed by atoms with Crippen LogP contribution < -0.4 is 5.73 Å². The van der Waals surface area contributed by atoms with Gasteiger partial charge in [-0.25, -0.2) is 14.8 Å². The normalized spacial score (nSPS) is 21.6. The quantitative estimate of drug-likeness (QED) is 0.817. The van der Waals surface area contributed by atoms with Crippen molar-refractivity contribution in [2.45, 2.75) is 13.0 Å². The molecule has 1 aromatic carbocycles. The molecule has 0 saturated heterocycles. The van der Waals surface area contributed by atoms with Crippen molar-refractivity contribution in [2.24, 2.45) is 15.8 Å². The maximum Gasteiger partial charge on any atom is 0.340 e. The van der Waals surface area contributed by atoms with Crippen molar-refractivity contribution in [3.8, 4) is 0 Å². The second-order valence-electron chi connectivity index (χ2n) is 5.47. The average Bonchev–Trinajstić information content (AvgIpc) is 3.05. The Hall–Kier alpha value is -2.83. The molecule has 0 radical (unpaired) electrons. The number of fused-ring (bicyclic) bond motifs is 5. The Morgan fingerprint density at radius 3 is 3.09 bits per heavy atom. The first-order chi connectivity index (χ1) is 11.2. The number of ether oxygens (including phenoxy) is 1. The fourth-order valence-corrected chi connectivity index (χ4v) is 3.22. The molecule has 1 atom stereocenters. The molecule has 2 N–H and O–H groups in total. The number of guanidine groups is 1. The molecule has 1 unspecified atom stereocenters. The molecule has 0 fully saturated rings. The van der Waals surface area contributed by atoms with Crippen molar-refractivity contribution in [3.05, 3.63) is 46.8 Å². The molecule has 118 valence electrons. The summed E-state index contributed by atoms with van der Waals surface area (Å²) in [6.07, 6.45) is 1.79. The number of carbonyl (C=O) groups is 1. The largest absolute Gasteiger partial charge is 0.462 e. The van der Waals surface area contributed by atoms with Crippen molar-refractivity contribution in [3.63, 3.8) is 0 Å². The average molecular weight is 311 g/mol. The Morgan fingerprint density at radius 2 is 2.26 bits per heavy atom. The first-order valence-electron chi connectivity index (χ1n) is 7.63. The number of nitrogens with zero attached hydrogens (tertiary/aromatic N) is 4. The number of nitrogens with two attached hydrogens (primary N) is 1. The van der Waals surface area contributed by atoms with Gasteiger partial charge in [-0.05, 0) is 12.5 Å². The molecular weight excluding hydrogens is 294 g/mol. The van der Waals surface area contributed by atoms with Gasteiger partial charge in [-0.3, -0.25) is 4.90 Å². The van der Waals surface area contributed by atoms with Gasteiger partial charge in [-0.2, -0.15) is 5.10 Å². The summed E-state index contributed by atoms with van der Waals surface area (Å²) >= 11 is 0. The number of rotatable bonds is 2. The first-order valence-corrected chi connectivity index (χ1v) is 7.63. The third kappa shape index (κ3) is 1.93. The van der Waals surface area contributed by atoms with E-state index in [1.54, 1.807) is 18.1 Å². The van der Waals surface area contributed by atoms with Crippen LogP contribution in [0.2, 0.25) is 0 Å². The van der Waals surface area contributed by atoms with Gasteiger partial charge >= 0.3 is 5.97 Å². The van der Waals surface area contributed by atoms with Gasteiger partial charge in [-0.1, -0.05) is 24.3 Å². The van der Waals surface area contributed by atoms with Gasteiger partial charge in [0.1, 0.15) is 17.4 Å². The molecular formula is C16H17N5O2. The van der Waals surface area contributed by atoms with Crippen LogP contribution in [0.5, 0.6) is 0 Å². The summed E-state index contributed by atoms with van der Waals surface area (Å²) in [7, 11) is 0. The lowest BCUT2D eigenvalue weighted by Crippen LogP contribution is -2.51. The number of hydrogen-bond donors (Lipinski definition) is 1. The van der Waals surface area contributed by atoms with Crippen molar-refractivity contribution in [1.29, 1.82) is 0 Å². The van der Waals surface area contributed by atoms with Crippen LogP contribution in [0.15, 0.2) is 45.8 Å². The molecule has 0 bridgehead atoms. The van der Waals surface area contributed by atoms with Gasteiger partial charge in [-0.15, -0.1) is 0 Å². The summed E-state index contributed by atoms with van der Waals surface area (Å²) in [6, 6.07) is 7.44. The predicted molar refractivity (Wildman–Crippen MR) is 85.5 cm³/mol. The highest BCUT2D eigenvalue weighted by molar-refractivity contribution is 5.99. The molecule has 1 aromatic rings. The lowest BCUT2D eigenvalue weighted by Gasteiger charge is -2.41. The van der Waals surface area contributed by atoms with E-state index in [9.17, 15) is 4.79 Å². The van der Waals surface area contributed by atoms with E-state index >= 15 is 0 Å². The lowest BCUT2D eigenvalue weighted by atomic mass is 9.91. The van der Waals surface area contributed by atoms with Crippen LogP contribution in [-0.2, 0) is 9.53 Å². The Kier molecular flexibility index (Phi) is 3.07. The molecule has 7 heteroatoms. The summed E-state index contributed by atoms with van der Waals surface area (Å²) in [4.78, 5) is 18.9. The summed E-state index contributed by atoms with van der Waals surface area (Å²) in [5, 5.41) is 6.26. The van der Waals surface area contributed by atoms with E-state index < -0.39 is 12.0 Å². The Bertz CT molecular complexity index is 767. The topological polar surface area (TPSA) is 83.5 Å². The molecule has 0 aliphatic carbocycles. The van der Waals surface area contributed by atoms with Crippen molar-refractivity contribution in [1.82, 2.24) is 9.91 Å².